The average Bonchev–Trinajstić information content (AvgIpc) is 2.28. The Morgan fingerprint density at radius 1 is 1.62 bits per heavy atom. The molecule has 1 rings (SSSR count). The van der Waals surface area contributed by atoms with E-state index in [1.165, 1.54) is 4.90 Å². The fourth-order valence-corrected chi connectivity index (χ4v) is 1.50. The van der Waals surface area contributed by atoms with Gasteiger partial charge in [0.2, 0.25) is 5.91 Å². The first-order valence-corrected chi connectivity index (χ1v) is 5.31. The van der Waals surface area contributed by atoms with Gasteiger partial charge in [0.05, 0.1) is 18.7 Å². The number of aliphatic carboxylic acids is 1. The van der Waals surface area contributed by atoms with Crippen LogP contribution < -0.4 is 5.73 Å². The third kappa shape index (κ3) is 2.70. The Morgan fingerprint density at radius 2 is 2.25 bits per heavy atom. The van der Waals surface area contributed by atoms with Gasteiger partial charge in [-0.05, 0) is 13.3 Å². The van der Waals surface area contributed by atoms with Crippen LogP contribution in [0.1, 0.15) is 20.3 Å². The van der Waals surface area contributed by atoms with Gasteiger partial charge in [-0.3, -0.25) is 4.79 Å². The molecule has 0 spiro atoms. The Kier molecular flexibility index (Phi) is 3.88. The molecule has 0 saturated carbocycles. The van der Waals surface area contributed by atoms with E-state index in [1.54, 1.807) is 6.92 Å². The number of carbonyl (C=O) groups excluding carboxylic acids is 1. The highest BCUT2D eigenvalue weighted by molar-refractivity contribution is 5.86. The van der Waals surface area contributed by atoms with E-state index in [4.69, 9.17) is 15.6 Å². The Hall–Kier alpha value is -1.14. The highest BCUT2D eigenvalue weighted by Crippen LogP contribution is 2.13. The summed E-state index contributed by atoms with van der Waals surface area (Å²) >= 11 is 0. The summed E-state index contributed by atoms with van der Waals surface area (Å²) in [6.45, 7) is 4.19. The van der Waals surface area contributed by atoms with E-state index in [0.717, 1.165) is 0 Å². The molecule has 0 radical (unpaired) electrons. The lowest BCUT2D eigenvalue weighted by molar-refractivity contribution is -0.160. The molecule has 3 N–H and O–H groups in total. The van der Waals surface area contributed by atoms with Crippen LogP contribution in [0.5, 0.6) is 0 Å². The van der Waals surface area contributed by atoms with Gasteiger partial charge in [0.25, 0.3) is 0 Å². The summed E-state index contributed by atoms with van der Waals surface area (Å²) in [5.41, 5.74) is 4.90. The molecule has 6 heteroatoms. The zero-order valence-corrected chi connectivity index (χ0v) is 9.60. The number of hydrogen-bond donors (Lipinski definition) is 2. The molecule has 1 fully saturated rings. The fourth-order valence-electron chi connectivity index (χ4n) is 1.50. The van der Waals surface area contributed by atoms with Gasteiger partial charge >= 0.3 is 5.97 Å². The smallest absolute Gasteiger partial charge is 0.334 e. The monoisotopic (exact) mass is 230 g/mol. The van der Waals surface area contributed by atoms with Crippen LogP contribution in [-0.2, 0) is 14.3 Å². The summed E-state index contributed by atoms with van der Waals surface area (Å²) in [7, 11) is 0. The predicted octanol–water partition coefficient (Wildman–Crippen LogP) is -0.574. The highest BCUT2D eigenvalue weighted by atomic mass is 16.5. The van der Waals surface area contributed by atoms with Gasteiger partial charge in [0, 0.05) is 6.54 Å². The number of nitrogens with two attached hydrogens (primary N) is 1. The van der Waals surface area contributed by atoms with Gasteiger partial charge in [-0.2, -0.15) is 0 Å². The number of nitrogens with zero attached hydrogens (tertiary/aromatic N) is 1. The van der Waals surface area contributed by atoms with E-state index in [1.807, 2.05) is 6.92 Å². The second kappa shape index (κ2) is 4.80. The van der Waals surface area contributed by atoms with Gasteiger partial charge in [-0.1, -0.05) is 6.92 Å². The average molecular weight is 230 g/mol. The van der Waals surface area contributed by atoms with E-state index < -0.39 is 17.6 Å². The molecule has 0 bridgehead atoms. The lowest BCUT2D eigenvalue weighted by atomic mass is 9.98. The summed E-state index contributed by atoms with van der Waals surface area (Å²) < 4.78 is 5.03. The van der Waals surface area contributed by atoms with Gasteiger partial charge in [0.1, 0.15) is 0 Å². The van der Waals surface area contributed by atoms with Crippen molar-refractivity contribution in [3.63, 3.8) is 0 Å². The molecule has 2 atom stereocenters. The molecule has 1 amide bonds. The SMILES string of the molecule is CCC(C)(N)C(=O)N1CCOC(C(=O)O)C1. The minimum atomic E-state index is -1.05. The molecule has 1 heterocycles. The largest absolute Gasteiger partial charge is 0.479 e. The second-order valence-electron chi connectivity index (χ2n) is 4.22. The van der Waals surface area contributed by atoms with E-state index in [2.05, 4.69) is 0 Å². The van der Waals surface area contributed by atoms with Gasteiger partial charge in [0.15, 0.2) is 6.10 Å². The van der Waals surface area contributed by atoms with Crippen LogP contribution in [0, 0.1) is 0 Å². The van der Waals surface area contributed by atoms with E-state index >= 15 is 0 Å². The molecule has 92 valence electrons. The van der Waals surface area contributed by atoms with Crippen molar-refractivity contribution in [3.05, 3.63) is 0 Å². The number of rotatable bonds is 3. The first-order chi connectivity index (χ1) is 7.38. The molecule has 16 heavy (non-hydrogen) atoms. The van der Waals surface area contributed by atoms with Crippen LogP contribution in [0.2, 0.25) is 0 Å². The van der Waals surface area contributed by atoms with Crippen molar-refractivity contribution >= 4 is 11.9 Å². The normalized spacial score (nSPS) is 24.9. The van der Waals surface area contributed by atoms with E-state index in [0.29, 0.717) is 13.0 Å². The fraction of sp³-hybridized carbons (Fsp3) is 0.800. The van der Waals surface area contributed by atoms with Crippen LogP contribution in [0.3, 0.4) is 0 Å². The maximum absolute atomic E-state index is 12.0. The molecular formula is C10H18N2O4. The minimum Gasteiger partial charge on any atom is -0.479 e. The summed E-state index contributed by atoms with van der Waals surface area (Å²) in [6, 6.07) is 0. The minimum absolute atomic E-state index is 0.0704. The third-order valence-electron chi connectivity index (χ3n) is 2.85. The van der Waals surface area contributed by atoms with Crippen LogP contribution in [0.15, 0.2) is 0 Å². The highest BCUT2D eigenvalue weighted by Gasteiger charge is 2.35. The maximum atomic E-state index is 12.0. The van der Waals surface area contributed by atoms with Crippen molar-refractivity contribution in [2.75, 3.05) is 19.7 Å². The number of carboxylic acid groups (broad SMARTS) is 1. The number of morpholine rings is 1. The summed E-state index contributed by atoms with van der Waals surface area (Å²) in [6.07, 6.45) is -0.425. The summed E-state index contributed by atoms with van der Waals surface area (Å²) in [4.78, 5) is 24.2. The number of amides is 1. The number of carbonyl (C=O) groups is 2. The van der Waals surface area contributed by atoms with Crippen LogP contribution in [-0.4, -0.2) is 53.2 Å². The zero-order chi connectivity index (χ0) is 12.3. The van der Waals surface area contributed by atoms with Crippen molar-refractivity contribution in [1.82, 2.24) is 4.90 Å². The Balaban J connectivity index is 2.67. The van der Waals surface area contributed by atoms with Crippen molar-refractivity contribution in [3.8, 4) is 0 Å². The van der Waals surface area contributed by atoms with Crippen molar-refractivity contribution in [1.29, 1.82) is 0 Å². The van der Waals surface area contributed by atoms with Gasteiger partial charge < -0.3 is 20.5 Å². The molecule has 0 aromatic rings. The quantitative estimate of drug-likeness (QED) is 0.677. The molecule has 0 aliphatic carbocycles. The molecule has 1 aliphatic rings. The number of carboxylic acids is 1. The maximum Gasteiger partial charge on any atom is 0.334 e. The molecule has 0 aromatic heterocycles. The number of hydrogen-bond acceptors (Lipinski definition) is 4. The molecule has 0 aromatic carbocycles. The Labute approximate surface area is 94.3 Å². The second-order valence-corrected chi connectivity index (χ2v) is 4.22. The summed E-state index contributed by atoms with van der Waals surface area (Å²) in [5, 5.41) is 8.80. The van der Waals surface area contributed by atoms with Crippen LogP contribution >= 0.6 is 0 Å². The Morgan fingerprint density at radius 3 is 2.75 bits per heavy atom. The lowest BCUT2D eigenvalue weighted by Gasteiger charge is -2.35. The predicted molar refractivity (Wildman–Crippen MR) is 56.8 cm³/mol. The van der Waals surface area contributed by atoms with Crippen molar-refractivity contribution < 1.29 is 19.4 Å². The molecule has 1 saturated heterocycles. The first kappa shape index (κ1) is 12.9. The lowest BCUT2D eigenvalue weighted by Crippen LogP contribution is -2.58. The van der Waals surface area contributed by atoms with Gasteiger partial charge in [-0.15, -0.1) is 0 Å². The zero-order valence-electron chi connectivity index (χ0n) is 9.60. The van der Waals surface area contributed by atoms with Crippen molar-refractivity contribution in [2.45, 2.75) is 31.9 Å². The van der Waals surface area contributed by atoms with Crippen molar-refractivity contribution in [2.24, 2.45) is 5.73 Å². The molecular weight excluding hydrogens is 212 g/mol. The van der Waals surface area contributed by atoms with E-state index in [9.17, 15) is 9.59 Å². The Bertz CT molecular complexity index is 291. The third-order valence-corrected chi connectivity index (χ3v) is 2.85. The number of ether oxygens (including phenoxy) is 1. The summed E-state index contributed by atoms with van der Waals surface area (Å²) in [5.74, 6) is -1.27. The standard InChI is InChI=1S/C10H18N2O4/c1-3-10(2,11)9(15)12-4-5-16-7(6-12)8(13)14/h7H,3-6,11H2,1-2H3,(H,13,14). The molecule has 6 nitrogen and oxygen atoms in total. The first-order valence-electron chi connectivity index (χ1n) is 5.31. The van der Waals surface area contributed by atoms with E-state index in [-0.39, 0.29) is 19.1 Å². The van der Waals surface area contributed by atoms with Crippen LogP contribution in [0.25, 0.3) is 0 Å². The molecule has 2 unspecified atom stereocenters. The molecule has 1 aliphatic heterocycles. The van der Waals surface area contributed by atoms with Gasteiger partial charge in [-0.25, -0.2) is 4.79 Å². The topological polar surface area (TPSA) is 92.9 Å². The van der Waals surface area contributed by atoms with Crippen LogP contribution in [0.4, 0.5) is 0 Å².